The third-order valence-electron chi connectivity index (χ3n) is 17.1. The van der Waals surface area contributed by atoms with Crippen LogP contribution >= 0.6 is 0 Å². The number of hydrogen-bond acceptors (Lipinski definition) is 2. The van der Waals surface area contributed by atoms with Crippen molar-refractivity contribution >= 4 is 68.0 Å². The van der Waals surface area contributed by atoms with Crippen molar-refractivity contribution in [2.24, 2.45) is 0 Å². The Labute approximate surface area is 484 Å². The summed E-state index contributed by atoms with van der Waals surface area (Å²) in [6.45, 7) is 0.159. The summed E-state index contributed by atoms with van der Waals surface area (Å²) in [6, 6.07) is 112. The number of para-hydroxylation sites is 3. The molecule has 14 aromatic rings. The number of ether oxygens (including phenoxy) is 2. The third kappa shape index (κ3) is 8.48. The summed E-state index contributed by atoms with van der Waals surface area (Å²) < 4.78 is 15.9. The van der Waals surface area contributed by atoms with E-state index in [1.807, 2.05) is 0 Å². The number of rotatable bonds is 9. The van der Waals surface area contributed by atoms with Crippen LogP contribution in [0.4, 0.5) is 0 Å². The van der Waals surface area contributed by atoms with Crippen LogP contribution in [0.25, 0.3) is 94.3 Å². The summed E-state index contributed by atoms with van der Waals surface area (Å²) in [5.41, 5.74) is 24.3. The Morgan fingerprint density at radius 2 is 0.554 bits per heavy atom. The molecule has 0 saturated carbocycles. The Bertz CT molecular complexity index is 4470. The van der Waals surface area contributed by atoms with Crippen LogP contribution in [-0.2, 0) is 0 Å². The zero-order valence-electron chi connectivity index (χ0n) is 45.4. The molecule has 0 radical (unpaired) electrons. The summed E-state index contributed by atoms with van der Waals surface area (Å²) >= 11 is 0. The highest BCUT2D eigenvalue weighted by Crippen LogP contribution is 2.47. The van der Waals surface area contributed by atoms with Gasteiger partial charge in [0.15, 0.2) is 0 Å². The lowest BCUT2D eigenvalue weighted by molar-refractivity contribution is 0.487. The van der Waals surface area contributed by atoms with Crippen LogP contribution in [-0.4, -0.2) is 18.0 Å². The van der Waals surface area contributed by atoms with Crippen molar-refractivity contribution in [3.63, 3.8) is 0 Å². The van der Waals surface area contributed by atoms with Gasteiger partial charge in [0.1, 0.15) is 23.0 Å². The molecule has 0 bridgehead atoms. The van der Waals surface area contributed by atoms with E-state index in [9.17, 15) is 0 Å². The van der Waals surface area contributed by atoms with Gasteiger partial charge in [0.2, 0.25) is 0 Å². The molecular formula is C78H51B2NO2. The summed E-state index contributed by atoms with van der Waals surface area (Å²) in [5.74, 6) is 3.58. The second-order valence-corrected chi connectivity index (χ2v) is 21.9. The highest BCUT2D eigenvalue weighted by molar-refractivity contribution is 6.97. The number of benzene rings is 13. The number of nitrogens with zero attached hydrogens (tertiary/aromatic N) is 1. The zero-order valence-corrected chi connectivity index (χ0v) is 45.4. The van der Waals surface area contributed by atoms with Crippen LogP contribution in [0, 0.1) is 0 Å². The van der Waals surface area contributed by atoms with E-state index in [2.05, 4.69) is 314 Å². The van der Waals surface area contributed by atoms with Crippen molar-refractivity contribution in [3.05, 3.63) is 309 Å². The monoisotopic (exact) mass is 1060 g/mol. The average molecular weight is 1060 g/mol. The average Bonchev–Trinajstić information content (AvgIpc) is 2.42. The molecule has 2 aliphatic heterocycles. The van der Waals surface area contributed by atoms with Crippen molar-refractivity contribution in [2.75, 3.05) is 0 Å². The van der Waals surface area contributed by atoms with Crippen LogP contribution in [0.1, 0.15) is 0 Å². The fraction of sp³-hybridized carbons (Fsp3) is 0. The standard InChI is InChI=1S/C78H51B2NO2/c1-6-20-52(21-7-1)60-46-65(56-38-34-54(35-39-56)58-42-44-71-75(50-58)82-73-32-18-16-30-69(73)79(71)62-24-10-3-11-25-62)77-67(48-60)68-49-61(53-22-8-2-9-23-53)47-66(78(68)81(77)64-28-14-5-15-29-64)57-40-36-55(37-41-57)59-43-45-72-76(51-59)83-74-33-19-17-31-70(74)80(72)63-26-12-4-13-27-63/h1-51H. The quantitative estimate of drug-likeness (QED) is 0.135. The largest absolute Gasteiger partial charge is 0.458 e. The van der Waals surface area contributed by atoms with Crippen molar-refractivity contribution in [1.82, 2.24) is 4.57 Å². The molecule has 3 heterocycles. The van der Waals surface area contributed by atoms with Gasteiger partial charge in [-0.05, 0) is 138 Å². The van der Waals surface area contributed by atoms with Crippen molar-refractivity contribution in [3.8, 4) is 95.4 Å². The zero-order chi connectivity index (χ0) is 54.8. The lowest BCUT2D eigenvalue weighted by Gasteiger charge is -2.27. The van der Waals surface area contributed by atoms with Crippen molar-refractivity contribution in [2.45, 2.75) is 0 Å². The van der Waals surface area contributed by atoms with Crippen LogP contribution in [0.2, 0.25) is 0 Å². The molecule has 13 aromatic carbocycles. The maximum Gasteiger partial charge on any atom is 0.250 e. The normalized spacial score (nSPS) is 12.2. The Kier molecular flexibility index (Phi) is 11.7. The molecule has 0 amide bonds. The summed E-state index contributed by atoms with van der Waals surface area (Å²) in [6.07, 6.45) is 0. The van der Waals surface area contributed by atoms with Gasteiger partial charge >= 0.3 is 0 Å². The van der Waals surface area contributed by atoms with Gasteiger partial charge in [0.25, 0.3) is 13.4 Å². The van der Waals surface area contributed by atoms with Crippen molar-refractivity contribution in [1.29, 1.82) is 0 Å². The first kappa shape index (κ1) is 48.3. The van der Waals surface area contributed by atoms with E-state index in [1.54, 1.807) is 0 Å². The van der Waals surface area contributed by atoms with E-state index in [-0.39, 0.29) is 13.4 Å². The molecule has 1 aromatic heterocycles. The maximum absolute atomic E-state index is 6.71. The van der Waals surface area contributed by atoms with E-state index >= 15 is 0 Å². The fourth-order valence-corrected chi connectivity index (χ4v) is 13.1. The third-order valence-corrected chi connectivity index (χ3v) is 17.1. The first-order valence-corrected chi connectivity index (χ1v) is 28.6. The van der Waals surface area contributed by atoms with Gasteiger partial charge in [-0.15, -0.1) is 0 Å². The van der Waals surface area contributed by atoms with Gasteiger partial charge < -0.3 is 14.0 Å². The molecule has 83 heavy (non-hydrogen) atoms. The predicted octanol–water partition coefficient (Wildman–Crippen LogP) is 16.0. The second-order valence-electron chi connectivity index (χ2n) is 21.9. The van der Waals surface area contributed by atoms with E-state index in [0.717, 1.165) is 95.4 Å². The summed E-state index contributed by atoms with van der Waals surface area (Å²) in [7, 11) is 0. The molecule has 16 rings (SSSR count). The summed E-state index contributed by atoms with van der Waals surface area (Å²) in [4.78, 5) is 0. The maximum atomic E-state index is 6.71. The van der Waals surface area contributed by atoms with E-state index in [1.165, 1.54) is 54.7 Å². The molecule has 0 spiro atoms. The first-order chi connectivity index (χ1) is 41.1. The molecular weight excluding hydrogens is 1000 g/mol. The van der Waals surface area contributed by atoms with Gasteiger partial charge in [-0.25, -0.2) is 0 Å². The van der Waals surface area contributed by atoms with Crippen LogP contribution in [0.15, 0.2) is 309 Å². The lowest BCUT2D eigenvalue weighted by Crippen LogP contribution is -2.54. The topological polar surface area (TPSA) is 23.4 Å². The first-order valence-electron chi connectivity index (χ1n) is 28.6. The molecule has 0 unspecified atom stereocenters. The molecule has 3 nitrogen and oxygen atoms in total. The van der Waals surface area contributed by atoms with Gasteiger partial charge in [0.05, 0.1) is 11.0 Å². The molecule has 5 heteroatoms. The molecule has 0 aliphatic carbocycles. The second kappa shape index (κ2) is 20.2. The Morgan fingerprint density at radius 1 is 0.229 bits per heavy atom. The molecule has 0 fully saturated rings. The fourth-order valence-electron chi connectivity index (χ4n) is 13.1. The predicted molar refractivity (Wildman–Crippen MR) is 349 cm³/mol. The number of fused-ring (bicyclic) bond motifs is 7. The minimum Gasteiger partial charge on any atom is -0.458 e. The smallest absolute Gasteiger partial charge is 0.250 e. The molecule has 2 aliphatic rings. The van der Waals surface area contributed by atoms with Gasteiger partial charge in [-0.3, -0.25) is 0 Å². The number of hydrogen-bond donors (Lipinski definition) is 0. The Hall–Kier alpha value is -10.6. The van der Waals surface area contributed by atoms with Crippen LogP contribution in [0.3, 0.4) is 0 Å². The van der Waals surface area contributed by atoms with Crippen molar-refractivity contribution < 1.29 is 9.47 Å². The van der Waals surface area contributed by atoms with E-state index in [4.69, 9.17) is 9.47 Å². The van der Waals surface area contributed by atoms with Gasteiger partial charge in [-0.1, -0.05) is 260 Å². The highest BCUT2D eigenvalue weighted by Gasteiger charge is 2.34. The number of aromatic nitrogens is 1. The molecule has 0 atom stereocenters. The van der Waals surface area contributed by atoms with E-state index in [0.29, 0.717) is 0 Å². The van der Waals surface area contributed by atoms with Gasteiger partial charge in [0, 0.05) is 27.6 Å². The SMILES string of the molecule is c1ccc(B2c3ccccc3Oc3cc(-c4ccc(-c5cc(-c6ccccc6)cc6c7cc(-c8ccccc8)cc(-c8ccc(-c9ccc%10c(c9)Oc9ccccc9B%10c9ccccc9)cc8)c7n(-c7ccccc7)c56)cc4)ccc32)cc1. The summed E-state index contributed by atoms with van der Waals surface area (Å²) in [5, 5.41) is 2.37. The molecule has 386 valence electrons. The lowest BCUT2D eigenvalue weighted by atomic mass is 9.36. The minimum absolute atomic E-state index is 0.0796. The van der Waals surface area contributed by atoms with Gasteiger partial charge in [-0.2, -0.15) is 0 Å². The van der Waals surface area contributed by atoms with Crippen LogP contribution < -0.4 is 42.3 Å². The Balaban J connectivity index is 0.855. The van der Waals surface area contributed by atoms with E-state index < -0.39 is 0 Å². The van der Waals surface area contributed by atoms with Crippen LogP contribution in [0.5, 0.6) is 23.0 Å². The Morgan fingerprint density at radius 3 is 0.976 bits per heavy atom. The minimum atomic E-state index is 0.0796. The highest BCUT2D eigenvalue weighted by atomic mass is 16.5. The molecule has 0 N–H and O–H groups in total. The molecule has 0 saturated heterocycles.